The molecule has 3 aromatic rings. The fourth-order valence-electron chi connectivity index (χ4n) is 2.47. The zero-order chi connectivity index (χ0) is 22.2. The van der Waals surface area contributed by atoms with E-state index in [9.17, 15) is 10.1 Å². The van der Waals surface area contributed by atoms with E-state index in [0.29, 0.717) is 27.3 Å². The van der Waals surface area contributed by atoms with E-state index in [-0.39, 0.29) is 12.2 Å². The minimum Gasteiger partial charge on any atom is -0.493 e. The van der Waals surface area contributed by atoms with Crippen LogP contribution in [0.25, 0.3) is 6.08 Å². The summed E-state index contributed by atoms with van der Waals surface area (Å²) in [5.41, 5.74) is 1.38. The number of hydrogen-bond donors (Lipinski definition) is 1. The number of rotatable bonds is 8. The smallest absolute Gasteiger partial charge is 0.268 e. The predicted octanol–water partition coefficient (Wildman–Crippen LogP) is 4.28. The van der Waals surface area contributed by atoms with Crippen LogP contribution < -0.4 is 14.8 Å². The van der Waals surface area contributed by atoms with E-state index in [1.807, 2.05) is 19.1 Å². The van der Waals surface area contributed by atoms with Crippen LogP contribution in [0.15, 0.2) is 42.1 Å². The van der Waals surface area contributed by atoms with Crippen molar-refractivity contribution < 1.29 is 14.3 Å². The van der Waals surface area contributed by atoms with E-state index >= 15 is 0 Å². The number of amides is 1. The van der Waals surface area contributed by atoms with Gasteiger partial charge in [-0.15, -0.1) is 10.2 Å². The highest BCUT2D eigenvalue weighted by Gasteiger charge is 2.13. The van der Waals surface area contributed by atoms with Crippen LogP contribution in [-0.4, -0.2) is 28.2 Å². The van der Waals surface area contributed by atoms with Crippen molar-refractivity contribution in [3.63, 3.8) is 0 Å². The average molecular weight is 456 g/mol. The molecule has 2 aromatic heterocycles. The summed E-state index contributed by atoms with van der Waals surface area (Å²) in [7, 11) is 1.51. The van der Waals surface area contributed by atoms with Crippen molar-refractivity contribution in [1.82, 2.24) is 15.2 Å². The van der Waals surface area contributed by atoms with Crippen LogP contribution in [0.4, 0.5) is 5.13 Å². The largest absolute Gasteiger partial charge is 0.493 e. The van der Waals surface area contributed by atoms with Crippen LogP contribution in [0.2, 0.25) is 5.15 Å². The van der Waals surface area contributed by atoms with E-state index in [4.69, 9.17) is 21.1 Å². The van der Waals surface area contributed by atoms with Crippen molar-refractivity contribution in [3.8, 4) is 17.6 Å². The topological polar surface area (TPSA) is 110 Å². The van der Waals surface area contributed by atoms with E-state index in [2.05, 4.69) is 20.5 Å². The normalized spacial score (nSPS) is 11.0. The van der Waals surface area contributed by atoms with Gasteiger partial charge in [0.05, 0.1) is 7.11 Å². The predicted molar refractivity (Wildman–Crippen MR) is 118 cm³/mol. The number of carbonyl (C=O) groups is 1. The second-order valence-corrected chi connectivity index (χ2v) is 7.62. The molecule has 0 saturated carbocycles. The van der Waals surface area contributed by atoms with Crippen LogP contribution >= 0.6 is 22.9 Å². The third-order valence-electron chi connectivity index (χ3n) is 4.04. The average Bonchev–Trinajstić information content (AvgIpc) is 3.24. The number of nitrogens with zero attached hydrogens (tertiary/aromatic N) is 4. The Balaban J connectivity index is 1.73. The van der Waals surface area contributed by atoms with Gasteiger partial charge in [-0.05, 0) is 36.3 Å². The number of benzene rings is 1. The third kappa shape index (κ3) is 6.01. The molecule has 0 fully saturated rings. The van der Waals surface area contributed by atoms with Crippen molar-refractivity contribution >= 4 is 40.1 Å². The monoisotopic (exact) mass is 455 g/mol. The van der Waals surface area contributed by atoms with Gasteiger partial charge in [-0.2, -0.15) is 5.26 Å². The van der Waals surface area contributed by atoms with Crippen molar-refractivity contribution in [1.29, 1.82) is 5.26 Å². The standard InChI is InChI=1S/C21H18ClN5O3S/c1-3-19-26-27-21(31-19)25-20(28)15(10-23)8-13-4-6-16(17(9-13)29-2)30-12-14-5-7-18(22)24-11-14/h4-9,11H,3,12H2,1-2H3,(H,25,27,28)/b15-8+. The molecule has 0 atom stereocenters. The summed E-state index contributed by atoms with van der Waals surface area (Å²) in [6.45, 7) is 2.23. The van der Waals surface area contributed by atoms with Crippen LogP contribution in [0.3, 0.4) is 0 Å². The van der Waals surface area contributed by atoms with Gasteiger partial charge < -0.3 is 9.47 Å². The van der Waals surface area contributed by atoms with Crippen LogP contribution in [0.1, 0.15) is 23.1 Å². The first-order valence-corrected chi connectivity index (χ1v) is 10.4. The van der Waals surface area contributed by atoms with E-state index in [1.54, 1.807) is 30.5 Å². The molecule has 31 heavy (non-hydrogen) atoms. The van der Waals surface area contributed by atoms with Gasteiger partial charge in [0.2, 0.25) is 5.13 Å². The third-order valence-corrected chi connectivity index (χ3v) is 5.24. The van der Waals surface area contributed by atoms with Crippen molar-refractivity contribution in [3.05, 3.63) is 63.4 Å². The highest BCUT2D eigenvalue weighted by molar-refractivity contribution is 7.15. The van der Waals surface area contributed by atoms with Gasteiger partial charge in [-0.25, -0.2) is 4.98 Å². The lowest BCUT2D eigenvalue weighted by Gasteiger charge is -2.11. The van der Waals surface area contributed by atoms with Crippen LogP contribution in [-0.2, 0) is 17.8 Å². The Labute approximate surface area is 188 Å². The van der Waals surface area contributed by atoms with Gasteiger partial charge in [0, 0.05) is 11.8 Å². The number of nitrogens with one attached hydrogen (secondary N) is 1. The molecule has 2 heterocycles. The van der Waals surface area contributed by atoms with Gasteiger partial charge in [0.25, 0.3) is 5.91 Å². The highest BCUT2D eigenvalue weighted by Crippen LogP contribution is 2.30. The maximum atomic E-state index is 12.4. The molecular weight excluding hydrogens is 438 g/mol. The lowest BCUT2D eigenvalue weighted by Crippen LogP contribution is -2.13. The van der Waals surface area contributed by atoms with Gasteiger partial charge in [0.1, 0.15) is 28.4 Å². The van der Waals surface area contributed by atoms with Gasteiger partial charge in [-0.1, -0.05) is 42.0 Å². The SMILES string of the molecule is CCc1nnc(NC(=O)/C(C#N)=C/c2ccc(OCc3ccc(Cl)nc3)c(OC)c2)s1. The molecule has 0 saturated heterocycles. The summed E-state index contributed by atoms with van der Waals surface area (Å²) in [5.74, 6) is 0.416. The van der Waals surface area contributed by atoms with Gasteiger partial charge in [0.15, 0.2) is 11.5 Å². The summed E-state index contributed by atoms with van der Waals surface area (Å²) >= 11 is 7.06. The zero-order valence-corrected chi connectivity index (χ0v) is 18.3. The summed E-state index contributed by atoms with van der Waals surface area (Å²) in [6.07, 6.45) is 3.81. The Morgan fingerprint density at radius 1 is 1.29 bits per heavy atom. The Morgan fingerprint density at radius 3 is 2.77 bits per heavy atom. The number of pyridine rings is 1. The highest BCUT2D eigenvalue weighted by atomic mass is 35.5. The molecule has 0 spiro atoms. The molecule has 0 radical (unpaired) electrons. The number of methoxy groups -OCH3 is 1. The number of anilines is 1. The fourth-order valence-corrected chi connectivity index (χ4v) is 3.26. The Morgan fingerprint density at radius 2 is 2.13 bits per heavy atom. The number of ether oxygens (including phenoxy) is 2. The number of carbonyl (C=O) groups excluding carboxylic acids is 1. The fraction of sp³-hybridized carbons (Fsp3) is 0.190. The van der Waals surface area contributed by atoms with Crippen molar-refractivity contribution in [2.24, 2.45) is 0 Å². The zero-order valence-electron chi connectivity index (χ0n) is 16.8. The second-order valence-electron chi connectivity index (χ2n) is 6.17. The van der Waals surface area contributed by atoms with E-state index < -0.39 is 5.91 Å². The van der Waals surface area contributed by atoms with Crippen LogP contribution in [0.5, 0.6) is 11.5 Å². The Hall–Kier alpha value is -3.48. The number of aromatic nitrogens is 3. The molecular formula is C21H18ClN5O3S. The molecule has 3 rings (SSSR count). The molecule has 8 nitrogen and oxygen atoms in total. The number of aryl methyl sites for hydroxylation is 1. The molecule has 0 aliphatic carbocycles. The summed E-state index contributed by atoms with van der Waals surface area (Å²) in [4.78, 5) is 16.4. The molecule has 0 aliphatic rings. The van der Waals surface area contributed by atoms with Crippen molar-refractivity contribution in [2.45, 2.75) is 20.0 Å². The summed E-state index contributed by atoms with van der Waals surface area (Å²) in [5, 5.41) is 21.4. The minimum atomic E-state index is -0.559. The maximum Gasteiger partial charge on any atom is 0.268 e. The van der Waals surface area contributed by atoms with Gasteiger partial charge >= 0.3 is 0 Å². The molecule has 10 heteroatoms. The van der Waals surface area contributed by atoms with E-state index in [0.717, 1.165) is 17.0 Å². The minimum absolute atomic E-state index is 0.0730. The quantitative estimate of drug-likeness (QED) is 0.306. The number of halogens is 1. The molecule has 158 valence electrons. The molecule has 1 aromatic carbocycles. The first-order chi connectivity index (χ1) is 15.0. The lowest BCUT2D eigenvalue weighted by molar-refractivity contribution is -0.112. The number of nitriles is 1. The Kier molecular flexibility index (Phi) is 7.54. The Bertz CT molecular complexity index is 1140. The van der Waals surface area contributed by atoms with Crippen LogP contribution in [0, 0.1) is 11.3 Å². The molecule has 1 amide bonds. The number of hydrogen-bond acceptors (Lipinski definition) is 8. The summed E-state index contributed by atoms with van der Waals surface area (Å²) < 4.78 is 11.2. The molecule has 1 N–H and O–H groups in total. The summed E-state index contributed by atoms with van der Waals surface area (Å²) in [6, 6.07) is 10.5. The molecule has 0 unspecified atom stereocenters. The lowest BCUT2D eigenvalue weighted by atomic mass is 10.1. The molecule has 0 bridgehead atoms. The van der Waals surface area contributed by atoms with Crippen molar-refractivity contribution in [2.75, 3.05) is 12.4 Å². The molecule has 0 aliphatic heterocycles. The first kappa shape index (κ1) is 22.2. The first-order valence-electron chi connectivity index (χ1n) is 9.19. The van der Waals surface area contributed by atoms with E-state index in [1.165, 1.54) is 24.5 Å². The maximum absolute atomic E-state index is 12.4. The second kappa shape index (κ2) is 10.5. The van der Waals surface area contributed by atoms with Gasteiger partial charge in [-0.3, -0.25) is 10.1 Å².